The number of aliphatic hydroxyl groups is 1. The highest BCUT2D eigenvalue weighted by Gasteiger charge is 2.26. The Morgan fingerprint density at radius 3 is 3.06 bits per heavy atom. The van der Waals surface area contributed by atoms with Crippen LogP contribution in [0, 0.1) is 0 Å². The maximum Gasteiger partial charge on any atom is 0.0827 e. The summed E-state index contributed by atoms with van der Waals surface area (Å²) in [5.41, 5.74) is 5.42. The highest BCUT2D eigenvalue weighted by molar-refractivity contribution is 5.89. The van der Waals surface area contributed by atoms with Crippen molar-refractivity contribution in [2.45, 2.75) is 31.9 Å². The molecule has 3 nitrogen and oxygen atoms in total. The van der Waals surface area contributed by atoms with Gasteiger partial charge < -0.3 is 15.0 Å². The van der Waals surface area contributed by atoms with E-state index in [4.69, 9.17) is 0 Å². The fourth-order valence-electron chi connectivity index (χ4n) is 3.59. The smallest absolute Gasteiger partial charge is 0.0827 e. The van der Waals surface area contributed by atoms with Gasteiger partial charge in [-0.25, -0.2) is 0 Å². The van der Waals surface area contributed by atoms with E-state index in [9.17, 15) is 5.11 Å². The van der Waals surface area contributed by atoms with Crippen molar-refractivity contribution in [1.82, 2.24) is 9.88 Å². The third-order valence-electron chi connectivity index (χ3n) is 4.41. The first-order valence-corrected chi connectivity index (χ1v) is 6.88. The Labute approximate surface area is 106 Å². The third-order valence-corrected chi connectivity index (χ3v) is 4.41. The summed E-state index contributed by atoms with van der Waals surface area (Å²) in [6, 6.07) is 6.40. The van der Waals surface area contributed by atoms with Crippen molar-refractivity contribution in [1.29, 1.82) is 0 Å². The van der Waals surface area contributed by atoms with Crippen molar-refractivity contribution in [3.63, 3.8) is 0 Å². The molecule has 0 radical (unpaired) electrons. The van der Waals surface area contributed by atoms with Crippen LogP contribution >= 0.6 is 0 Å². The van der Waals surface area contributed by atoms with Gasteiger partial charge in [-0.1, -0.05) is 18.2 Å². The van der Waals surface area contributed by atoms with E-state index in [1.165, 1.54) is 22.2 Å². The fraction of sp³-hybridized carbons (Fsp3) is 0.467. The van der Waals surface area contributed by atoms with Crippen molar-refractivity contribution < 1.29 is 5.11 Å². The lowest BCUT2D eigenvalue weighted by atomic mass is 9.99. The summed E-state index contributed by atoms with van der Waals surface area (Å²) in [6.45, 7) is 3.10. The Bertz CT molecular complexity index is 614. The van der Waals surface area contributed by atoms with Gasteiger partial charge in [0.25, 0.3) is 0 Å². The fourth-order valence-corrected chi connectivity index (χ4v) is 3.59. The van der Waals surface area contributed by atoms with E-state index in [2.05, 4.69) is 28.1 Å². The average Bonchev–Trinajstić information content (AvgIpc) is 2.57. The van der Waals surface area contributed by atoms with Crippen LogP contribution in [0.5, 0.6) is 0 Å². The molecule has 1 aromatic carbocycles. The molecule has 2 aromatic rings. The highest BCUT2D eigenvalue weighted by atomic mass is 16.3. The van der Waals surface area contributed by atoms with Gasteiger partial charge in [-0.05, 0) is 24.9 Å². The topological polar surface area (TPSA) is 37.2 Å². The number of fused-ring (bicyclic) bond motifs is 3. The zero-order chi connectivity index (χ0) is 12.1. The molecule has 3 heteroatoms. The lowest BCUT2D eigenvalue weighted by molar-refractivity contribution is 0.156. The van der Waals surface area contributed by atoms with Gasteiger partial charge in [-0.3, -0.25) is 0 Å². The van der Waals surface area contributed by atoms with Crippen molar-refractivity contribution in [3.8, 4) is 0 Å². The number of para-hydroxylation sites is 1. The zero-order valence-corrected chi connectivity index (χ0v) is 10.4. The molecule has 3 heterocycles. The van der Waals surface area contributed by atoms with E-state index in [0.717, 1.165) is 44.5 Å². The standard InChI is InChI=1S/C15H18N2O/c18-14-6-9-17-13-5-8-16-7-4-10(13)11-2-1-3-12(14)15(11)17/h1-3,14,16,18H,4-9H2. The molecule has 0 saturated carbocycles. The van der Waals surface area contributed by atoms with Crippen LogP contribution in [0.15, 0.2) is 18.2 Å². The van der Waals surface area contributed by atoms with Gasteiger partial charge in [-0.2, -0.15) is 0 Å². The van der Waals surface area contributed by atoms with Gasteiger partial charge in [0.15, 0.2) is 0 Å². The van der Waals surface area contributed by atoms with Gasteiger partial charge in [0.2, 0.25) is 0 Å². The molecule has 94 valence electrons. The molecule has 0 saturated heterocycles. The zero-order valence-electron chi connectivity index (χ0n) is 10.4. The minimum absolute atomic E-state index is 0.280. The van der Waals surface area contributed by atoms with Crippen LogP contribution in [-0.4, -0.2) is 22.8 Å². The van der Waals surface area contributed by atoms with E-state index in [1.54, 1.807) is 0 Å². The van der Waals surface area contributed by atoms with E-state index >= 15 is 0 Å². The molecule has 0 amide bonds. The van der Waals surface area contributed by atoms with E-state index < -0.39 is 0 Å². The molecule has 0 aliphatic carbocycles. The van der Waals surface area contributed by atoms with E-state index in [1.807, 2.05) is 0 Å². The number of benzene rings is 1. The summed E-state index contributed by atoms with van der Waals surface area (Å²) < 4.78 is 2.46. The Kier molecular flexibility index (Phi) is 2.26. The van der Waals surface area contributed by atoms with Crippen molar-refractivity contribution >= 4 is 10.9 Å². The summed E-state index contributed by atoms with van der Waals surface area (Å²) in [5.74, 6) is 0. The first-order valence-electron chi connectivity index (χ1n) is 6.88. The molecule has 1 aromatic heterocycles. The van der Waals surface area contributed by atoms with Crippen LogP contribution in [0.1, 0.15) is 29.3 Å². The quantitative estimate of drug-likeness (QED) is 0.738. The first kappa shape index (κ1) is 10.6. The number of aliphatic hydroxyl groups excluding tert-OH is 1. The molecule has 1 unspecified atom stereocenters. The summed E-state index contributed by atoms with van der Waals surface area (Å²) in [7, 11) is 0. The molecule has 1 atom stereocenters. The second kappa shape index (κ2) is 3.84. The van der Waals surface area contributed by atoms with Gasteiger partial charge in [-0.15, -0.1) is 0 Å². The molecule has 2 aliphatic heterocycles. The van der Waals surface area contributed by atoms with Crippen LogP contribution in [0.25, 0.3) is 10.9 Å². The van der Waals surface area contributed by atoms with Crippen molar-refractivity contribution in [2.24, 2.45) is 0 Å². The van der Waals surface area contributed by atoms with Crippen LogP contribution in [0.3, 0.4) is 0 Å². The van der Waals surface area contributed by atoms with Gasteiger partial charge in [0, 0.05) is 36.2 Å². The van der Waals surface area contributed by atoms with Gasteiger partial charge in [0.05, 0.1) is 11.6 Å². The molecule has 0 fully saturated rings. The third kappa shape index (κ3) is 1.32. The lowest BCUT2D eigenvalue weighted by Gasteiger charge is -2.22. The minimum atomic E-state index is -0.280. The lowest BCUT2D eigenvalue weighted by Crippen LogP contribution is -2.19. The second-order valence-electron chi connectivity index (χ2n) is 5.37. The number of nitrogens with one attached hydrogen (secondary N) is 1. The van der Waals surface area contributed by atoms with E-state index in [-0.39, 0.29) is 6.10 Å². The molecular weight excluding hydrogens is 224 g/mol. The van der Waals surface area contributed by atoms with Crippen molar-refractivity contribution in [2.75, 3.05) is 13.1 Å². The largest absolute Gasteiger partial charge is 0.388 e. The molecule has 0 spiro atoms. The molecular formula is C15H18N2O. The predicted octanol–water partition coefficient (Wildman–Crippen LogP) is 1.77. The molecule has 18 heavy (non-hydrogen) atoms. The summed E-state index contributed by atoms with van der Waals surface area (Å²) in [5, 5.41) is 15.0. The number of aryl methyl sites for hydroxylation is 1. The Hall–Kier alpha value is -1.32. The van der Waals surface area contributed by atoms with Crippen LogP contribution in [0.4, 0.5) is 0 Å². The summed E-state index contributed by atoms with van der Waals surface area (Å²) >= 11 is 0. The second-order valence-corrected chi connectivity index (χ2v) is 5.37. The first-order chi connectivity index (χ1) is 8.86. The molecule has 2 N–H and O–H groups in total. The van der Waals surface area contributed by atoms with E-state index in [0.29, 0.717) is 0 Å². The predicted molar refractivity (Wildman–Crippen MR) is 71.8 cm³/mol. The maximum atomic E-state index is 10.2. The molecule has 0 bridgehead atoms. The molecule has 4 rings (SSSR count). The minimum Gasteiger partial charge on any atom is -0.388 e. The van der Waals surface area contributed by atoms with Crippen LogP contribution in [0.2, 0.25) is 0 Å². The SMILES string of the molecule is OC1CCn2c3c(c4cccc1c42)CCNCC3. The molecule has 2 aliphatic rings. The number of rotatable bonds is 0. The normalized spacial score (nSPS) is 22.8. The van der Waals surface area contributed by atoms with Crippen molar-refractivity contribution in [3.05, 3.63) is 35.0 Å². The number of hydrogen-bond acceptors (Lipinski definition) is 2. The Balaban J connectivity index is 2.08. The average molecular weight is 242 g/mol. The number of aromatic nitrogens is 1. The number of hydrogen-bond donors (Lipinski definition) is 2. The highest BCUT2D eigenvalue weighted by Crippen LogP contribution is 2.37. The Morgan fingerprint density at radius 1 is 1.22 bits per heavy atom. The summed E-state index contributed by atoms with van der Waals surface area (Å²) in [4.78, 5) is 0. The van der Waals surface area contributed by atoms with Crippen LogP contribution < -0.4 is 5.32 Å². The number of nitrogens with zero attached hydrogens (tertiary/aromatic N) is 1. The van der Waals surface area contributed by atoms with Crippen LogP contribution in [-0.2, 0) is 19.4 Å². The maximum absolute atomic E-state index is 10.2. The van der Waals surface area contributed by atoms with Gasteiger partial charge in [0.1, 0.15) is 0 Å². The monoisotopic (exact) mass is 242 g/mol. The Morgan fingerprint density at radius 2 is 2.11 bits per heavy atom. The van der Waals surface area contributed by atoms with Gasteiger partial charge >= 0.3 is 0 Å². The summed E-state index contributed by atoms with van der Waals surface area (Å²) in [6.07, 6.45) is 2.79.